The Morgan fingerprint density at radius 2 is 1.64 bits per heavy atom. The lowest BCUT2D eigenvalue weighted by Gasteiger charge is -2.13. The number of nitro groups is 1. The Morgan fingerprint density at radius 1 is 0.944 bits per heavy atom. The number of hydrogen-bond donors (Lipinski definition) is 1. The summed E-state index contributed by atoms with van der Waals surface area (Å²) in [6.07, 6.45) is 1.39. The zero-order valence-corrected chi connectivity index (χ0v) is 20.1. The molecule has 0 aliphatic carbocycles. The molecule has 12 nitrogen and oxygen atoms in total. The van der Waals surface area contributed by atoms with E-state index in [0.717, 1.165) is 0 Å². The van der Waals surface area contributed by atoms with Gasteiger partial charge in [-0.05, 0) is 45.0 Å². The predicted molar refractivity (Wildman–Crippen MR) is 129 cm³/mol. The molecule has 1 aromatic heterocycles. The van der Waals surface area contributed by atoms with E-state index in [2.05, 4.69) is 10.4 Å². The number of carbonyl (C=O) groups is 2. The van der Waals surface area contributed by atoms with E-state index >= 15 is 0 Å². The topological polar surface area (TPSA) is 144 Å². The SMILES string of the molecule is CCOC(=O)c1nn(-c2ccc([N+](=O)[O-])cc2)cc1OCC(=O)Nc1ccc(OCC)c(OCC)c1. The Kier molecular flexibility index (Phi) is 8.81. The average Bonchev–Trinajstić information content (AvgIpc) is 3.29. The first-order valence-electron chi connectivity index (χ1n) is 11.2. The fourth-order valence-corrected chi connectivity index (χ4v) is 3.13. The van der Waals surface area contributed by atoms with Gasteiger partial charge in [0.05, 0.1) is 36.6 Å². The van der Waals surface area contributed by atoms with Crippen molar-refractivity contribution in [1.82, 2.24) is 9.78 Å². The van der Waals surface area contributed by atoms with E-state index in [1.807, 2.05) is 13.8 Å². The van der Waals surface area contributed by atoms with E-state index < -0.39 is 23.4 Å². The van der Waals surface area contributed by atoms with Crippen LogP contribution in [0.25, 0.3) is 5.69 Å². The second-order valence-corrected chi connectivity index (χ2v) is 7.14. The van der Waals surface area contributed by atoms with Crippen LogP contribution in [0.4, 0.5) is 11.4 Å². The van der Waals surface area contributed by atoms with Crippen LogP contribution in [0.2, 0.25) is 0 Å². The molecule has 3 rings (SSSR count). The lowest BCUT2D eigenvalue weighted by molar-refractivity contribution is -0.384. The zero-order chi connectivity index (χ0) is 26.1. The van der Waals surface area contributed by atoms with E-state index in [1.54, 1.807) is 25.1 Å². The smallest absolute Gasteiger partial charge is 0.362 e. The molecule has 0 bridgehead atoms. The van der Waals surface area contributed by atoms with Crippen LogP contribution in [0.3, 0.4) is 0 Å². The second-order valence-electron chi connectivity index (χ2n) is 7.14. The van der Waals surface area contributed by atoms with E-state index in [4.69, 9.17) is 18.9 Å². The standard InChI is InChI=1S/C24H26N4O8/c1-4-33-19-12-7-16(13-20(19)34-5-2)25-22(29)15-36-21-14-27(26-23(21)24(30)35-6-3)17-8-10-18(11-9-17)28(31)32/h7-14H,4-6,15H2,1-3H3,(H,25,29). The minimum Gasteiger partial charge on any atom is -0.490 e. The summed E-state index contributed by atoms with van der Waals surface area (Å²) in [5.41, 5.74) is 0.695. The van der Waals surface area contributed by atoms with E-state index in [-0.39, 0.29) is 23.7 Å². The number of ether oxygens (including phenoxy) is 4. The summed E-state index contributed by atoms with van der Waals surface area (Å²) in [7, 11) is 0. The molecule has 2 aromatic carbocycles. The summed E-state index contributed by atoms with van der Waals surface area (Å²) in [5, 5.41) is 17.8. The number of nitrogens with zero attached hydrogens (tertiary/aromatic N) is 3. The predicted octanol–water partition coefficient (Wildman–Crippen LogP) is 3.77. The molecule has 1 heterocycles. The molecule has 190 valence electrons. The molecule has 0 aliphatic heterocycles. The van der Waals surface area contributed by atoms with Gasteiger partial charge in [0.25, 0.3) is 11.6 Å². The van der Waals surface area contributed by atoms with E-state index in [0.29, 0.717) is 36.1 Å². The summed E-state index contributed by atoms with van der Waals surface area (Å²) in [6.45, 7) is 5.93. The van der Waals surface area contributed by atoms with Crippen LogP contribution < -0.4 is 19.5 Å². The van der Waals surface area contributed by atoms with Gasteiger partial charge in [0.15, 0.2) is 23.9 Å². The molecule has 12 heteroatoms. The molecule has 0 unspecified atom stereocenters. The first kappa shape index (κ1) is 26.0. The molecule has 36 heavy (non-hydrogen) atoms. The fraction of sp³-hybridized carbons (Fsp3) is 0.292. The number of anilines is 1. The quantitative estimate of drug-likeness (QED) is 0.224. The van der Waals surface area contributed by atoms with Crippen LogP contribution in [0.1, 0.15) is 31.3 Å². The molecule has 0 spiro atoms. The average molecular weight is 498 g/mol. The van der Waals surface area contributed by atoms with Gasteiger partial charge in [0.2, 0.25) is 5.69 Å². The minimum atomic E-state index is -0.735. The molecule has 0 fully saturated rings. The lowest BCUT2D eigenvalue weighted by Crippen LogP contribution is -2.21. The van der Waals surface area contributed by atoms with Crippen molar-refractivity contribution in [3.8, 4) is 22.9 Å². The summed E-state index contributed by atoms with van der Waals surface area (Å²) >= 11 is 0. The van der Waals surface area contributed by atoms with Gasteiger partial charge < -0.3 is 24.3 Å². The van der Waals surface area contributed by atoms with Gasteiger partial charge in [-0.15, -0.1) is 0 Å². The first-order chi connectivity index (χ1) is 17.4. The van der Waals surface area contributed by atoms with Gasteiger partial charge in [-0.3, -0.25) is 14.9 Å². The van der Waals surface area contributed by atoms with Gasteiger partial charge in [-0.1, -0.05) is 0 Å². The maximum atomic E-state index is 12.5. The first-order valence-corrected chi connectivity index (χ1v) is 11.2. The summed E-state index contributed by atoms with van der Waals surface area (Å²) in [6, 6.07) is 10.6. The third-order valence-electron chi connectivity index (χ3n) is 4.66. The molecule has 0 saturated carbocycles. The largest absolute Gasteiger partial charge is 0.490 e. The molecular weight excluding hydrogens is 472 g/mol. The molecule has 1 N–H and O–H groups in total. The van der Waals surface area contributed by atoms with Crippen molar-refractivity contribution in [3.63, 3.8) is 0 Å². The maximum Gasteiger partial charge on any atom is 0.362 e. The van der Waals surface area contributed by atoms with Crippen LogP contribution in [-0.2, 0) is 9.53 Å². The summed E-state index contributed by atoms with van der Waals surface area (Å²) in [5.74, 6) is -0.150. The van der Waals surface area contributed by atoms with Gasteiger partial charge in [0.1, 0.15) is 0 Å². The van der Waals surface area contributed by atoms with Crippen LogP contribution in [0, 0.1) is 10.1 Å². The Morgan fingerprint density at radius 3 is 2.28 bits per heavy atom. The van der Waals surface area contributed by atoms with E-state index in [9.17, 15) is 19.7 Å². The number of nitro benzene ring substituents is 1. The van der Waals surface area contributed by atoms with Crippen molar-refractivity contribution >= 4 is 23.3 Å². The molecule has 0 radical (unpaired) electrons. The third-order valence-corrected chi connectivity index (χ3v) is 4.66. The molecular formula is C24H26N4O8. The van der Waals surface area contributed by atoms with Gasteiger partial charge >= 0.3 is 5.97 Å². The Labute approximate surface area is 206 Å². The number of hydrogen-bond acceptors (Lipinski definition) is 9. The monoisotopic (exact) mass is 498 g/mol. The number of nitrogens with one attached hydrogen (secondary N) is 1. The van der Waals surface area contributed by atoms with Crippen molar-refractivity contribution in [3.05, 3.63) is 64.5 Å². The fourth-order valence-electron chi connectivity index (χ4n) is 3.13. The van der Waals surface area contributed by atoms with Crippen molar-refractivity contribution < 1.29 is 33.5 Å². The number of non-ortho nitro benzene ring substituents is 1. The van der Waals surface area contributed by atoms with Crippen molar-refractivity contribution in [2.45, 2.75) is 20.8 Å². The summed E-state index contributed by atoms with van der Waals surface area (Å²) < 4.78 is 23.0. The minimum absolute atomic E-state index is 0.0173. The number of carbonyl (C=O) groups excluding carboxylic acids is 2. The highest BCUT2D eigenvalue weighted by atomic mass is 16.6. The molecule has 0 saturated heterocycles. The number of benzene rings is 2. The summed E-state index contributed by atoms with van der Waals surface area (Å²) in [4.78, 5) is 35.3. The maximum absolute atomic E-state index is 12.5. The Bertz CT molecular complexity index is 1220. The molecule has 0 atom stereocenters. The highest BCUT2D eigenvalue weighted by Gasteiger charge is 2.21. The number of rotatable bonds is 12. The van der Waals surface area contributed by atoms with Gasteiger partial charge in [0, 0.05) is 23.9 Å². The number of amides is 1. The van der Waals surface area contributed by atoms with Gasteiger partial charge in [-0.2, -0.15) is 5.10 Å². The van der Waals surface area contributed by atoms with Crippen LogP contribution >= 0.6 is 0 Å². The van der Waals surface area contributed by atoms with Crippen LogP contribution in [0.5, 0.6) is 17.2 Å². The van der Waals surface area contributed by atoms with Crippen LogP contribution in [0.15, 0.2) is 48.7 Å². The molecule has 1 amide bonds. The molecule has 0 aliphatic rings. The Hall–Kier alpha value is -4.61. The van der Waals surface area contributed by atoms with Gasteiger partial charge in [-0.25, -0.2) is 9.48 Å². The number of aromatic nitrogens is 2. The highest BCUT2D eigenvalue weighted by molar-refractivity contribution is 5.93. The van der Waals surface area contributed by atoms with Crippen molar-refractivity contribution in [2.75, 3.05) is 31.7 Å². The third kappa shape index (κ3) is 6.50. The van der Waals surface area contributed by atoms with Crippen LogP contribution in [-0.4, -0.2) is 53.0 Å². The zero-order valence-electron chi connectivity index (χ0n) is 20.1. The van der Waals surface area contributed by atoms with Crippen molar-refractivity contribution in [1.29, 1.82) is 0 Å². The normalized spacial score (nSPS) is 10.4. The highest BCUT2D eigenvalue weighted by Crippen LogP contribution is 2.30. The van der Waals surface area contributed by atoms with E-state index in [1.165, 1.54) is 35.1 Å². The number of esters is 1. The molecule has 3 aromatic rings. The van der Waals surface area contributed by atoms with Crippen molar-refractivity contribution in [2.24, 2.45) is 0 Å². The second kappa shape index (κ2) is 12.2. The Balaban J connectivity index is 1.75. The lowest BCUT2D eigenvalue weighted by atomic mass is 10.2.